The first-order valence-corrected chi connectivity index (χ1v) is 3.59. The van der Waals surface area contributed by atoms with Crippen molar-refractivity contribution in [1.29, 1.82) is 0 Å². The molecule has 0 fully saturated rings. The van der Waals surface area contributed by atoms with Crippen LogP contribution in [0.4, 0.5) is 0 Å². The first-order valence-electron chi connectivity index (χ1n) is 3.59. The van der Waals surface area contributed by atoms with Crippen molar-refractivity contribution < 1.29 is 20.5 Å². The Kier molecular flexibility index (Phi) is 6.69. The average molecular weight is 194 g/mol. The Morgan fingerprint density at radius 3 is 2.36 bits per heavy atom. The van der Waals surface area contributed by atoms with E-state index in [0.717, 1.165) is 5.56 Å². The second-order valence-electron chi connectivity index (χ2n) is 2.57. The number of ether oxygens (including phenoxy) is 1. The number of methoxy groups -OCH3 is 1. The molecule has 74 valence electrons. The van der Waals surface area contributed by atoms with E-state index < -0.39 is 0 Å². The standard InChI is InChI=1S/C9H9BO2.2H2O/c1-6-5-7(10)3-4-8(6)9(11)12-2;;/h3-5H,1-2H3;2*1H2/q+2;;/p-2. The van der Waals surface area contributed by atoms with Crippen LogP contribution in [-0.4, -0.2) is 31.9 Å². The van der Waals surface area contributed by atoms with E-state index in [-0.39, 0.29) is 16.9 Å². The molecule has 4 nitrogen and oxygen atoms in total. The van der Waals surface area contributed by atoms with Crippen molar-refractivity contribution in [2.24, 2.45) is 0 Å². The molecule has 0 spiro atoms. The second-order valence-corrected chi connectivity index (χ2v) is 2.57. The van der Waals surface area contributed by atoms with E-state index in [2.05, 4.69) is 4.74 Å². The van der Waals surface area contributed by atoms with Crippen LogP contribution < -0.4 is 5.46 Å². The molecule has 0 radical (unpaired) electrons. The number of hydrogen-bond acceptors (Lipinski definition) is 4. The Hall–Kier alpha value is -1.33. The maximum absolute atomic E-state index is 11.1. The Balaban J connectivity index is 0. The molecule has 0 unspecified atom stereocenters. The van der Waals surface area contributed by atoms with Crippen molar-refractivity contribution in [3.8, 4) is 0 Å². The third kappa shape index (κ3) is 3.20. The Bertz CT molecular complexity index is 312. The first-order chi connectivity index (χ1) is 5.65. The fraction of sp³-hybridized carbons (Fsp3) is 0.222. The summed E-state index contributed by atoms with van der Waals surface area (Å²) in [6.07, 6.45) is 0. The molecule has 0 saturated carbocycles. The molecule has 0 heterocycles. The maximum atomic E-state index is 11.1. The van der Waals surface area contributed by atoms with E-state index in [9.17, 15) is 4.79 Å². The molecule has 0 aliphatic rings. The zero-order valence-electron chi connectivity index (χ0n) is 8.02. The molecule has 5 heteroatoms. The summed E-state index contributed by atoms with van der Waals surface area (Å²) in [6, 6.07) is 5.09. The van der Waals surface area contributed by atoms with Crippen LogP contribution in [0.15, 0.2) is 18.2 Å². The van der Waals surface area contributed by atoms with Gasteiger partial charge < -0.3 is 11.0 Å². The summed E-state index contributed by atoms with van der Waals surface area (Å²) < 4.78 is 4.58. The molecule has 1 aromatic rings. The second kappa shape index (κ2) is 6.18. The first kappa shape index (κ1) is 15.2. The predicted molar refractivity (Wildman–Crippen MR) is 51.8 cm³/mol. The Morgan fingerprint density at radius 1 is 1.36 bits per heavy atom. The molecule has 0 atom stereocenters. The molecule has 2 N–H and O–H groups in total. The van der Waals surface area contributed by atoms with Crippen LogP contribution in [0.25, 0.3) is 0 Å². The SMILES string of the molecule is [B+2]c1ccc(C(=O)OC)c(C)c1.[OH-].[OH-]. The van der Waals surface area contributed by atoms with Crippen LogP contribution >= 0.6 is 0 Å². The van der Waals surface area contributed by atoms with E-state index in [1.807, 2.05) is 6.92 Å². The molecule has 0 aliphatic heterocycles. The van der Waals surface area contributed by atoms with Crippen molar-refractivity contribution in [1.82, 2.24) is 0 Å². The zero-order valence-corrected chi connectivity index (χ0v) is 8.02. The average Bonchev–Trinajstić information content (AvgIpc) is 2.03. The number of carbonyl (C=O) groups excluding carboxylic acids is 1. The minimum atomic E-state index is -0.326. The topological polar surface area (TPSA) is 86.3 Å². The summed E-state index contributed by atoms with van der Waals surface area (Å²) in [7, 11) is 6.88. The molecule has 14 heavy (non-hydrogen) atoms. The van der Waals surface area contributed by atoms with Crippen molar-refractivity contribution in [2.75, 3.05) is 7.11 Å². The van der Waals surface area contributed by atoms with Crippen molar-refractivity contribution in [2.45, 2.75) is 6.92 Å². The largest absolute Gasteiger partial charge is 0.870 e. The van der Waals surface area contributed by atoms with Gasteiger partial charge in [0.1, 0.15) is 0 Å². The number of esters is 1. The Morgan fingerprint density at radius 2 is 1.93 bits per heavy atom. The molecule has 0 aromatic heterocycles. The van der Waals surface area contributed by atoms with Gasteiger partial charge in [-0.15, -0.1) is 0 Å². The molecule has 1 aromatic carbocycles. The van der Waals surface area contributed by atoms with E-state index in [1.165, 1.54) is 7.11 Å². The van der Waals surface area contributed by atoms with Gasteiger partial charge in [-0.05, 0) is 0 Å². The number of hydrogen-bond donors (Lipinski definition) is 0. The maximum Gasteiger partial charge on any atom is -0.870 e. The summed E-state index contributed by atoms with van der Waals surface area (Å²) >= 11 is 0. The van der Waals surface area contributed by atoms with Crippen LogP contribution in [0.2, 0.25) is 0 Å². The van der Waals surface area contributed by atoms with E-state index in [0.29, 0.717) is 11.0 Å². The van der Waals surface area contributed by atoms with Gasteiger partial charge >= 0.3 is 72.2 Å². The summed E-state index contributed by atoms with van der Waals surface area (Å²) in [4.78, 5) is 11.1. The molecule has 1 rings (SSSR count). The van der Waals surface area contributed by atoms with E-state index in [4.69, 9.17) is 7.85 Å². The smallest absolute Gasteiger partial charge is 0.870 e. The van der Waals surface area contributed by atoms with Crippen LogP contribution in [0.1, 0.15) is 15.9 Å². The van der Waals surface area contributed by atoms with Gasteiger partial charge in [-0.3, -0.25) is 0 Å². The molecular weight excluding hydrogens is 183 g/mol. The quantitative estimate of drug-likeness (QED) is 0.472. The molecule has 0 bridgehead atoms. The van der Waals surface area contributed by atoms with Crippen LogP contribution in [0.5, 0.6) is 0 Å². The third-order valence-electron chi connectivity index (χ3n) is 1.66. The molecular formula is C9H11BO4. The van der Waals surface area contributed by atoms with Gasteiger partial charge in [-0.2, -0.15) is 0 Å². The monoisotopic (exact) mass is 194 g/mol. The molecule has 0 aliphatic carbocycles. The fourth-order valence-corrected chi connectivity index (χ4v) is 1.03. The van der Waals surface area contributed by atoms with Gasteiger partial charge in [0.25, 0.3) is 0 Å². The minimum Gasteiger partial charge on any atom is -0.870 e. The number of carbonyl (C=O) groups is 1. The predicted octanol–water partition coefficient (Wildman–Crippen LogP) is 0.222. The van der Waals surface area contributed by atoms with E-state index in [1.54, 1.807) is 18.2 Å². The van der Waals surface area contributed by atoms with Gasteiger partial charge in [0, 0.05) is 0 Å². The van der Waals surface area contributed by atoms with Crippen LogP contribution in [-0.2, 0) is 4.74 Å². The fourth-order valence-electron chi connectivity index (χ4n) is 1.03. The van der Waals surface area contributed by atoms with Gasteiger partial charge in [0.15, 0.2) is 0 Å². The van der Waals surface area contributed by atoms with Crippen LogP contribution in [0.3, 0.4) is 0 Å². The van der Waals surface area contributed by atoms with Crippen molar-refractivity contribution in [3.05, 3.63) is 29.3 Å². The van der Waals surface area contributed by atoms with Gasteiger partial charge in [-0.1, -0.05) is 0 Å². The summed E-state index contributed by atoms with van der Waals surface area (Å²) in [5.74, 6) is -0.326. The Labute approximate surface area is 83.9 Å². The summed E-state index contributed by atoms with van der Waals surface area (Å²) in [6.45, 7) is 1.82. The van der Waals surface area contributed by atoms with Crippen LogP contribution in [0, 0.1) is 6.92 Å². The van der Waals surface area contributed by atoms with Crippen molar-refractivity contribution >= 4 is 19.3 Å². The molecule has 0 saturated heterocycles. The summed E-state index contributed by atoms with van der Waals surface area (Å²) in [5, 5.41) is 0. The minimum absolute atomic E-state index is 0. The van der Waals surface area contributed by atoms with Gasteiger partial charge in [0.2, 0.25) is 0 Å². The van der Waals surface area contributed by atoms with Crippen molar-refractivity contribution in [3.63, 3.8) is 0 Å². The van der Waals surface area contributed by atoms with Gasteiger partial charge in [0.05, 0.1) is 0 Å². The number of rotatable bonds is 1. The van der Waals surface area contributed by atoms with E-state index >= 15 is 0 Å². The third-order valence-corrected chi connectivity index (χ3v) is 1.66. The number of aryl methyl sites for hydroxylation is 1. The summed E-state index contributed by atoms with van der Waals surface area (Å²) in [5.41, 5.74) is 2.05. The molecule has 0 amide bonds. The normalized spacial score (nSPS) is 8.29. The van der Waals surface area contributed by atoms with Gasteiger partial charge in [-0.25, -0.2) is 0 Å². The zero-order chi connectivity index (χ0) is 9.14. The number of benzene rings is 1.